The predicted molar refractivity (Wildman–Crippen MR) is 92.6 cm³/mol. The van der Waals surface area contributed by atoms with Crippen molar-refractivity contribution >= 4 is 28.4 Å². The molecule has 128 valence electrons. The number of carbonyl (C=O) groups excluding carboxylic acids is 2. The van der Waals surface area contributed by atoms with E-state index in [-0.39, 0.29) is 12.5 Å². The first kappa shape index (κ1) is 16.5. The molecule has 0 spiro atoms. The van der Waals surface area contributed by atoms with Gasteiger partial charge < -0.3 is 19.9 Å². The zero-order valence-corrected chi connectivity index (χ0v) is 13.9. The third kappa shape index (κ3) is 3.28. The number of hydrogen-bond acceptors (Lipinski definition) is 3. The predicted octanol–water partition coefficient (Wildman–Crippen LogP) is 1.83. The molecule has 2 N–H and O–H groups in total. The van der Waals surface area contributed by atoms with E-state index < -0.39 is 11.8 Å². The van der Waals surface area contributed by atoms with Gasteiger partial charge in [0.25, 0.3) is 0 Å². The Morgan fingerprint density at radius 2 is 2.17 bits per heavy atom. The van der Waals surface area contributed by atoms with Gasteiger partial charge in [-0.3, -0.25) is 9.59 Å². The van der Waals surface area contributed by atoms with Crippen LogP contribution in [0.15, 0.2) is 30.5 Å². The van der Waals surface area contributed by atoms with Gasteiger partial charge in [0, 0.05) is 44.0 Å². The van der Waals surface area contributed by atoms with Gasteiger partial charge in [0.05, 0.1) is 5.52 Å². The molecule has 1 saturated heterocycles. The maximum absolute atomic E-state index is 12.2. The highest BCUT2D eigenvalue weighted by Gasteiger charge is 2.29. The lowest BCUT2D eigenvalue weighted by Crippen LogP contribution is -2.38. The summed E-state index contributed by atoms with van der Waals surface area (Å²) in [7, 11) is 0. The third-order valence-electron chi connectivity index (χ3n) is 4.52. The second-order valence-electron chi connectivity index (χ2n) is 6.33. The summed E-state index contributed by atoms with van der Waals surface area (Å²) in [6.45, 7) is 4.05. The van der Waals surface area contributed by atoms with E-state index in [1.807, 2.05) is 30.5 Å². The molecular formula is C18H23N3O3. The number of hydrogen-bond donors (Lipinski definition) is 2. The maximum atomic E-state index is 12.2. The second-order valence-corrected chi connectivity index (χ2v) is 6.33. The zero-order valence-electron chi connectivity index (χ0n) is 13.9. The molecule has 1 atom stereocenters. The number of aryl methyl sites for hydroxylation is 1. The molecule has 3 rings (SSSR count). The van der Waals surface area contributed by atoms with E-state index in [1.165, 1.54) is 4.90 Å². The minimum Gasteiger partial charge on any atom is -0.396 e. The molecule has 1 aliphatic heterocycles. The average Bonchev–Trinajstić information content (AvgIpc) is 3.22. The summed E-state index contributed by atoms with van der Waals surface area (Å²) in [5.41, 5.74) is 1.67. The fourth-order valence-electron chi connectivity index (χ4n) is 3.19. The van der Waals surface area contributed by atoms with E-state index in [9.17, 15) is 9.59 Å². The van der Waals surface area contributed by atoms with Crippen LogP contribution in [0, 0.1) is 5.92 Å². The Labute approximate surface area is 141 Å². The number of carbonyl (C=O) groups is 2. The number of aliphatic hydroxyl groups excluding tert-OH is 1. The first-order chi connectivity index (χ1) is 11.6. The first-order valence-electron chi connectivity index (χ1n) is 8.42. The van der Waals surface area contributed by atoms with E-state index in [4.69, 9.17) is 5.11 Å². The van der Waals surface area contributed by atoms with Gasteiger partial charge in [-0.2, -0.15) is 0 Å². The first-order valence-corrected chi connectivity index (χ1v) is 8.42. The summed E-state index contributed by atoms with van der Waals surface area (Å²) in [5.74, 6) is -1.08. The lowest BCUT2D eigenvalue weighted by atomic mass is 10.1. The number of nitrogens with zero attached hydrogens (tertiary/aromatic N) is 2. The molecule has 24 heavy (non-hydrogen) atoms. The van der Waals surface area contributed by atoms with Crippen molar-refractivity contribution in [2.24, 2.45) is 5.92 Å². The molecular weight excluding hydrogens is 306 g/mol. The van der Waals surface area contributed by atoms with Crippen LogP contribution in [0.3, 0.4) is 0 Å². The molecule has 0 radical (unpaired) electrons. The van der Waals surface area contributed by atoms with Crippen LogP contribution in [0.4, 0.5) is 5.69 Å². The van der Waals surface area contributed by atoms with Gasteiger partial charge in [-0.15, -0.1) is 0 Å². The van der Waals surface area contributed by atoms with Crippen molar-refractivity contribution in [3.63, 3.8) is 0 Å². The van der Waals surface area contributed by atoms with Gasteiger partial charge in [-0.25, -0.2) is 0 Å². The van der Waals surface area contributed by atoms with Crippen molar-refractivity contribution in [3.05, 3.63) is 30.5 Å². The van der Waals surface area contributed by atoms with Gasteiger partial charge in [0.1, 0.15) is 0 Å². The molecule has 1 aromatic carbocycles. The Balaban J connectivity index is 1.71. The van der Waals surface area contributed by atoms with Crippen molar-refractivity contribution in [2.45, 2.75) is 26.3 Å². The number of benzene rings is 1. The Morgan fingerprint density at radius 3 is 2.88 bits per heavy atom. The quantitative estimate of drug-likeness (QED) is 0.841. The van der Waals surface area contributed by atoms with E-state index in [0.717, 1.165) is 30.3 Å². The number of nitrogens with one attached hydrogen (secondary N) is 1. The van der Waals surface area contributed by atoms with E-state index in [0.29, 0.717) is 18.8 Å². The molecule has 6 heteroatoms. The molecule has 2 amide bonds. The average molecular weight is 329 g/mol. The molecule has 2 heterocycles. The zero-order chi connectivity index (χ0) is 17.1. The van der Waals surface area contributed by atoms with E-state index in [2.05, 4.69) is 16.8 Å². The fourth-order valence-corrected chi connectivity index (χ4v) is 3.19. The van der Waals surface area contributed by atoms with Crippen LogP contribution in [0.2, 0.25) is 0 Å². The van der Waals surface area contributed by atoms with Crippen LogP contribution < -0.4 is 5.32 Å². The number of amides is 2. The smallest absolute Gasteiger partial charge is 0.313 e. The molecule has 1 fully saturated rings. The minimum atomic E-state index is -0.624. The summed E-state index contributed by atoms with van der Waals surface area (Å²) in [4.78, 5) is 25.9. The van der Waals surface area contributed by atoms with Gasteiger partial charge in [0.2, 0.25) is 0 Å². The van der Waals surface area contributed by atoms with Crippen LogP contribution in [0.25, 0.3) is 10.9 Å². The second kappa shape index (κ2) is 7.05. The van der Waals surface area contributed by atoms with Gasteiger partial charge >= 0.3 is 11.8 Å². The number of likely N-dealkylation sites (tertiary alicyclic amines) is 1. The monoisotopic (exact) mass is 329 g/mol. The van der Waals surface area contributed by atoms with Gasteiger partial charge in [-0.1, -0.05) is 13.0 Å². The summed E-state index contributed by atoms with van der Waals surface area (Å²) in [6.07, 6.45) is 3.80. The molecule has 1 aromatic heterocycles. The van der Waals surface area contributed by atoms with E-state index in [1.54, 1.807) is 0 Å². The Morgan fingerprint density at radius 1 is 1.33 bits per heavy atom. The minimum absolute atomic E-state index is 0.0521. The molecule has 6 nitrogen and oxygen atoms in total. The Hall–Kier alpha value is -2.34. The van der Waals surface area contributed by atoms with Crippen LogP contribution in [0.5, 0.6) is 0 Å². The normalized spacial score (nSPS) is 17.4. The highest BCUT2D eigenvalue weighted by atomic mass is 16.3. The molecule has 2 aromatic rings. The number of anilines is 1. The Bertz CT molecular complexity index is 753. The topological polar surface area (TPSA) is 74.6 Å². The van der Waals surface area contributed by atoms with Crippen molar-refractivity contribution in [3.8, 4) is 0 Å². The van der Waals surface area contributed by atoms with Crippen molar-refractivity contribution in [1.82, 2.24) is 9.47 Å². The highest BCUT2D eigenvalue weighted by Crippen LogP contribution is 2.21. The van der Waals surface area contributed by atoms with Crippen molar-refractivity contribution in [1.29, 1.82) is 0 Å². The molecule has 1 unspecified atom stereocenters. The molecule has 0 saturated carbocycles. The molecule has 1 aliphatic rings. The number of aliphatic hydroxyl groups is 1. The summed E-state index contributed by atoms with van der Waals surface area (Å²) >= 11 is 0. The fraction of sp³-hybridized carbons (Fsp3) is 0.444. The lowest BCUT2D eigenvalue weighted by Gasteiger charge is -2.15. The van der Waals surface area contributed by atoms with E-state index >= 15 is 0 Å². The Kier molecular flexibility index (Phi) is 4.85. The maximum Gasteiger partial charge on any atom is 0.313 e. The van der Waals surface area contributed by atoms with Gasteiger partial charge in [-0.05, 0) is 36.4 Å². The highest BCUT2D eigenvalue weighted by molar-refractivity contribution is 6.39. The third-order valence-corrected chi connectivity index (χ3v) is 4.52. The van der Waals surface area contributed by atoms with Crippen LogP contribution in [-0.4, -0.2) is 46.1 Å². The lowest BCUT2D eigenvalue weighted by molar-refractivity contribution is -0.142. The summed E-state index contributed by atoms with van der Waals surface area (Å²) in [5, 5.41) is 13.0. The largest absolute Gasteiger partial charge is 0.396 e. The number of fused-ring (bicyclic) bond motifs is 1. The van der Waals surface area contributed by atoms with Crippen molar-refractivity contribution in [2.75, 3.05) is 25.0 Å². The summed E-state index contributed by atoms with van der Waals surface area (Å²) < 4.78 is 2.14. The summed E-state index contributed by atoms with van der Waals surface area (Å²) in [6, 6.07) is 7.70. The number of rotatable bonds is 4. The van der Waals surface area contributed by atoms with Crippen LogP contribution >= 0.6 is 0 Å². The molecule has 0 bridgehead atoms. The van der Waals surface area contributed by atoms with Crippen molar-refractivity contribution < 1.29 is 14.7 Å². The standard InChI is InChI=1S/C18H23N3O3/c1-2-7-20-9-6-14-3-4-15(10-16(14)20)19-17(23)18(24)21-8-5-13(11-21)12-22/h3-4,6,9-10,13,22H,2,5,7-8,11-12H2,1H3,(H,19,23). The van der Waals surface area contributed by atoms with Crippen LogP contribution in [-0.2, 0) is 16.1 Å². The van der Waals surface area contributed by atoms with Gasteiger partial charge in [0.15, 0.2) is 0 Å². The molecule has 0 aliphatic carbocycles. The number of aromatic nitrogens is 1. The SMILES string of the molecule is CCCn1ccc2ccc(NC(=O)C(=O)N3CCC(CO)C3)cc21. The van der Waals surface area contributed by atoms with Crippen LogP contribution in [0.1, 0.15) is 19.8 Å².